The summed E-state index contributed by atoms with van der Waals surface area (Å²) in [5.41, 5.74) is 1.42. The first-order valence-corrected chi connectivity index (χ1v) is 8.24. The Hall–Kier alpha value is -2.04. The maximum atomic E-state index is 12.5. The van der Waals surface area contributed by atoms with Crippen LogP contribution in [0.3, 0.4) is 0 Å². The van der Waals surface area contributed by atoms with Gasteiger partial charge in [0, 0.05) is 28.6 Å². The van der Waals surface area contributed by atoms with E-state index in [0.717, 1.165) is 5.56 Å². The lowest BCUT2D eigenvalue weighted by Gasteiger charge is -2.29. The third-order valence-electron chi connectivity index (χ3n) is 4.24. The van der Waals surface area contributed by atoms with Crippen LogP contribution in [0.25, 0.3) is 0 Å². The minimum absolute atomic E-state index is 0.0611. The molecule has 1 fully saturated rings. The van der Waals surface area contributed by atoms with E-state index >= 15 is 0 Å². The van der Waals surface area contributed by atoms with Gasteiger partial charge in [-0.15, -0.1) is 0 Å². The van der Waals surface area contributed by atoms with Crippen LogP contribution in [-0.4, -0.2) is 21.9 Å². The number of carboxylic acid groups (broad SMARTS) is 1. The van der Waals surface area contributed by atoms with E-state index in [2.05, 4.69) is 0 Å². The molecule has 0 aromatic heterocycles. The average Bonchev–Trinajstić information content (AvgIpc) is 2.86. The minimum atomic E-state index is -1.03. The summed E-state index contributed by atoms with van der Waals surface area (Å²) in [5.74, 6) is -2.12. The van der Waals surface area contributed by atoms with Crippen molar-refractivity contribution in [3.05, 3.63) is 69.7 Å². The first-order valence-electron chi connectivity index (χ1n) is 7.49. The molecule has 6 heteroatoms. The predicted molar refractivity (Wildman–Crippen MR) is 91.9 cm³/mol. The molecule has 2 atom stereocenters. The SMILES string of the molecule is O=C(O)C1CC(=O)N(Cc2ccccc2)C1c1c(Cl)cccc1Cl. The molecule has 0 radical (unpaired) electrons. The highest BCUT2D eigenvalue weighted by molar-refractivity contribution is 6.36. The highest BCUT2D eigenvalue weighted by Gasteiger charge is 2.46. The molecule has 124 valence electrons. The smallest absolute Gasteiger partial charge is 0.309 e. The molecule has 2 unspecified atom stereocenters. The summed E-state index contributed by atoms with van der Waals surface area (Å²) < 4.78 is 0. The van der Waals surface area contributed by atoms with Crippen molar-refractivity contribution >= 4 is 35.1 Å². The number of carbonyl (C=O) groups excluding carboxylic acids is 1. The molecule has 24 heavy (non-hydrogen) atoms. The third kappa shape index (κ3) is 3.12. The summed E-state index contributed by atoms with van der Waals surface area (Å²) in [4.78, 5) is 25.7. The Kier molecular flexibility index (Phi) is 4.78. The normalized spacial score (nSPS) is 20.4. The number of likely N-dealkylation sites (tertiary alicyclic amines) is 1. The molecule has 1 heterocycles. The van der Waals surface area contributed by atoms with Crippen molar-refractivity contribution in [1.82, 2.24) is 4.90 Å². The fraction of sp³-hybridized carbons (Fsp3) is 0.222. The summed E-state index contributed by atoms with van der Waals surface area (Å²) in [7, 11) is 0. The van der Waals surface area contributed by atoms with Gasteiger partial charge in [0.15, 0.2) is 0 Å². The van der Waals surface area contributed by atoms with Gasteiger partial charge in [0.25, 0.3) is 0 Å². The summed E-state index contributed by atoms with van der Waals surface area (Å²) >= 11 is 12.6. The molecule has 2 aromatic carbocycles. The van der Waals surface area contributed by atoms with Crippen LogP contribution in [0.5, 0.6) is 0 Å². The number of amides is 1. The van der Waals surface area contributed by atoms with Crippen LogP contribution in [0.2, 0.25) is 10.0 Å². The third-order valence-corrected chi connectivity index (χ3v) is 4.90. The van der Waals surface area contributed by atoms with Gasteiger partial charge in [-0.05, 0) is 17.7 Å². The van der Waals surface area contributed by atoms with Crippen molar-refractivity contribution in [1.29, 1.82) is 0 Å². The second-order valence-corrected chi connectivity index (χ2v) is 6.55. The predicted octanol–water partition coefficient (Wildman–Crippen LogP) is 4.17. The van der Waals surface area contributed by atoms with Gasteiger partial charge in [-0.25, -0.2) is 0 Å². The van der Waals surface area contributed by atoms with Gasteiger partial charge in [-0.2, -0.15) is 0 Å². The Morgan fingerprint density at radius 1 is 1.08 bits per heavy atom. The molecule has 0 bridgehead atoms. The summed E-state index contributed by atoms with van der Waals surface area (Å²) in [6, 6.07) is 13.8. The van der Waals surface area contributed by atoms with Gasteiger partial charge < -0.3 is 10.0 Å². The van der Waals surface area contributed by atoms with E-state index in [4.69, 9.17) is 23.2 Å². The number of benzene rings is 2. The van der Waals surface area contributed by atoms with E-state index in [-0.39, 0.29) is 12.3 Å². The molecule has 1 aliphatic rings. The highest BCUT2D eigenvalue weighted by atomic mass is 35.5. The van der Waals surface area contributed by atoms with Gasteiger partial charge in [0.05, 0.1) is 12.0 Å². The van der Waals surface area contributed by atoms with Crippen LogP contribution in [0, 0.1) is 5.92 Å². The number of carboxylic acids is 1. The van der Waals surface area contributed by atoms with Crippen LogP contribution < -0.4 is 0 Å². The molecule has 3 rings (SSSR count). The van der Waals surface area contributed by atoms with Crippen LogP contribution in [0.15, 0.2) is 48.5 Å². The minimum Gasteiger partial charge on any atom is -0.481 e. The van der Waals surface area contributed by atoms with Crippen molar-refractivity contribution in [3.8, 4) is 0 Å². The monoisotopic (exact) mass is 363 g/mol. The van der Waals surface area contributed by atoms with E-state index in [0.29, 0.717) is 22.2 Å². The molecule has 0 saturated carbocycles. The van der Waals surface area contributed by atoms with Gasteiger partial charge in [0.2, 0.25) is 5.91 Å². The van der Waals surface area contributed by atoms with Crippen LogP contribution in [0.1, 0.15) is 23.6 Å². The molecule has 0 aliphatic carbocycles. The Morgan fingerprint density at radius 2 is 1.71 bits per heavy atom. The lowest BCUT2D eigenvalue weighted by atomic mass is 9.93. The zero-order valence-electron chi connectivity index (χ0n) is 12.7. The molecule has 1 N–H and O–H groups in total. The fourth-order valence-corrected chi connectivity index (χ4v) is 3.75. The number of rotatable bonds is 4. The number of hydrogen-bond acceptors (Lipinski definition) is 2. The van der Waals surface area contributed by atoms with E-state index in [1.807, 2.05) is 30.3 Å². The van der Waals surface area contributed by atoms with Crippen LogP contribution in [-0.2, 0) is 16.1 Å². The second-order valence-electron chi connectivity index (χ2n) is 5.74. The lowest BCUT2D eigenvalue weighted by Crippen LogP contribution is -2.30. The standard InChI is InChI=1S/C18H15Cl2NO3/c19-13-7-4-8-14(20)16(13)17-12(18(23)24)9-15(22)21(17)10-11-5-2-1-3-6-11/h1-8,12,17H,9-10H2,(H,23,24). The van der Waals surface area contributed by atoms with E-state index in [1.165, 1.54) is 0 Å². The van der Waals surface area contributed by atoms with Gasteiger partial charge in [-0.1, -0.05) is 59.6 Å². The Morgan fingerprint density at radius 3 is 2.29 bits per heavy atom. The number of hydrogen-bond donors (Lipinski definition) is 1. The summed E-state index contributed by atoms with van der Waals surface area (Å²) in [6.07, 6.45) is -0.0611. The molecular formula is C18H15Cl2NO3. The molecule has 1 saturated heterocycles. The largest absolute Gasteiger partial charge is 0.481 e. The fourth-order valence-electron chi connectivity index (χ4n) is 3.13. The van der Waals surface area contributed by atoms with Crippen molar-refractivity contribution in [2.24, 2.45) is 5.92 Å². The Balaban J connectivity index is 2.05. The molecule has 1 amide bonds. The first-order chi connectivity index (χ1) is 11.5. The average molecular weight is 364 g/mol. The topological polar surface area (TPSA) is 57.6 Å². The summed E-state index contributed by atoms with van der Waals surface area (Å²) in [5, 5.41) is 10.3. The molecule has 1 aliphatic heterocycles. The number of carbonyl (C=O) groups is 2. The van der Waals surface area contributed by atoms with Crippen molar-refractivity contribution < 1.29 is 14.7 Å². The van der Waals surface area contributed by atoms with Crippen molar-refractivity contribution in [3.63, 3.8) is 0 Å². The van der Waals surface area contributed by atoms with Crippen LogP contribution in [0.4, 0.5) is 0 Å². The molecule has 4 nitrogen and oxygen atoms in total. The van der Waals surface area contributed by atoms with Crippen molar-refractivity contribution in [2.75, 3.05) is 0 Å². The number of halogens is 2. The highest BCUT2D eigenvalue weighted by Crippen LogP contribution is 2.44. The quantitative estimate of drug-likeness (QED) is 0.886. The van der Waals surface area contributed by atoms with Gasteiger partial charge in [0.1, 0.15) is 0 Å². The molecule has 0 spiro atoms. The maximum absolute atomic E-state index is 12.5. The number of aliphatic carboxylic acids is 1. The zero-order valence-corrected chi connectivity index (χ0v) is 14.2. The van der Waals surface area contributed by atoms with E-state index in [1.54, 1.807) is 23.1 Å². The number of nitrogens with zero attached hydrogens (tertiary/aromatic N) is 1. The zero-order chi connectivity index (χ0) is 17.3. The molecule has 2 aromatic rings. The van der Waals surface area contributed by atoms with Crippen LogP contribution >= 0.6 is 23.2 Å². The maximum Gasteiger partial charge on any atom is 0.309 e. The first kappa shape index (κ1) is 16.8. The second kappa shape index (κ2) is 6.83. The summed E-state index contributed by atoms with van der Waals surface area (Å²) in [6.45, 7) is 0.315. The Labute approximate surface area is 149 Å². The van der Waals surface area contributed by atoms with Gasteiger partial charge >= 0.3 is 5.97 Å². The van der Waals surface area contributed by atoms with Gasteiger partial charge in [-0.3, -0.25) is 9.59 Å². The van der Waals surface area contributed by atoms with Crippen molar-refractivity contribution in [2.45, 2.75) is 19.0 Å². The Bertz CT molecular complexity index is 759. The van der Waals surface area contributed by atoms with E-state index in [9.17, 15) is 14.7 Å². The van der Waals surface area contributed by atoms with E-state index < -0.39 is 17.9 Å². The molecular weight excluding hydrogens is 349 g/mol. The lowest BCUT2D eigenvalue weighted by molar-refractivity contribution is -0.142.